The molecule has 0 heterocycles. The fourth-order valence-corrected chi connectivity index (χ4v) is 6.73. The van der Waals surface area contributed by atoms with Gasteiger partial charge in [-0.25, -0.2) is 0 Å². The van der Waals surface area contributed by atoms with Crippen LogP contribution in [0.2, 0.25) is 0 Å². The third kappa shape index (κ3) is 8.31. The molecule has 0 aliphatic heterocycles. The maximum atomic E-state index is 12.1. The molecule has 0 saturated carbocycles. The van der Waals surface area contributed by atoms with Crippen molar-refractivity contribution in [1.29, 1.82) is 0 Å². The van der Waals surface area contributed by atoms with E-state index >= 15 is 0 Å². The standard InChI is InChI=1S/C34H26N4O10S2.2Na/c1-47-29-15-19(11-13-25(29)35-37-27-17-31(49(41,42)43)21-7-3-5-9-23(21)33(27)39)20-12-14-26(30(16-20)48-2)36-38-28-18-32(50(44,45)46)22-8-4-6-10-24(22)34(28)40;;/h3-18,39-40H,1-2H3,(H,41,42,43)(H,44,45,46);;. The van der Waals surface area contributed by atoms with Gasteiger partial charge in [-0.05, 0) is 47.5 Å². The maximum absolute atomic E-state index is 12.1. The number of hydrogen-bond donors (Lipinski definition) is 4. The molecule has 0 atom stereocenters. The number of phenolic OH excluding ortho intramolecular Hbond substituents is 2. The monoisotopic (exact) mass is 760 g/mol. The molecule has 6 aromatic carbocycles. The number of ether oxygens (including phenoxy) is 2. The van der Waals surface area contributed by atoms with Gasteiger partial charge in [0.05, 0.1) is 14.2 Å². The number of rotatable bonds is 9. The fraction of sp³-hybridized carbons (Fsp3) is 0.0588. The smallest absolute Gasteiger partial charge is 0.295 e. The molecule has 0 saturated heterocycles. The molecular formula is C34H26N4Na2O10S2. The van der Waals surface area contributed by atoms with Crippen molar-refractivity contribution in [3.8, 4) is 34.1 Å². The molecule has 18 heteroatoms. The zero-order valence-corrected chi connectivity index (χ0v) is 33.7. The summed E-state index contributed by atoms with van der Waals surface area (Å²) < 4.78 is 78.8. The van der Waals surface area contributed by atoms with Crippen LogP contribution >= 0.6 is 0 Å². The van der Waals surface area contributed by atoms with E-state index in [0.29, 0.717) is 11.1 Å². The Morgan fingerprint density at radius 1 is 0.481 bits per heavy atom. The predicted octanol–water partition coefficient (Wildman–Crippen LogP) is 7.65. The van der Waals surface area contributed by atoms with Gasteiger partial charge < -0.3 is 19.7 Å². The summed E-state index contributed by atoms with van der Waals surface area (Å²) in [7, 11) is -6.46. The molecule has 6 rings (SSSR count). The van der Waals surface area contributed by atoms with Gasteiger partial charge >= 0.3 is 0 Å². The molecule has 0 aliphatic rings. The minimum atomic E-state index is -4.65. The van der Waals surface area contributed by atoms with Gasteiger partial charge in [0, 0.05) is 80.7 Å². The molecule has 0 aromatic heterocycles. The Labute approximate surface area is 341 Å². The maximum Gasteiger partial charge on any atom is 0.295 e. The van der Waals surface area contributed by atoms with Gasteiger partial charge in [-0.3, -0.25) is 9.11 Å². The molecule has 0 amide bonds. The van der Waals surface area contributed by atoms with E-state index in [2.05, 4.69) is 20.5 Å². The fourth-order valence-electron chi connectivity index (χ4n) is 5.30. The van der Waals surface area contributed by atoms with Crippen LogP contribution in [-0.2, 0) is 20.2 Å². The number of fused-ring (bicyclic) bond motifs is 2. The molecule has 4 N–H and O–H groups in total. The summed E-state index contributed by atoms with van der Waals surface area (Å²) in [5.41, 5.74) is 1.43. The Hall–Kier alpha value is -3.94. The summed E-state index contributed by atoms with van der Waals surface area (Å²) in [5, 5.41) is 38.5. The molecular weight excluding hydrogens is 735 g/mol. The van der Waals surface area contributed by atoms with Gasteiger partial charge in [0.2, 0.25) is 0 Å². The summed E-state index contributed by atoms with van der Waals surface area (Å²) >= 11 is 0. The van der Waals surface area contributed by atoms with Crippen LogP contribution in [0.5, 0.6) is 23.0 Å². The SMILES string of the molecule is COc1cc(-c2ccc(N=Nc3cc(S(=O)(=O)O)c4ccccc4c3O)c(OC)c2)ccc1N=Nc1cc(S(=O)(=O)O)c2ccccc2c1O.[Na].[Na]. The number of azo groups is 2. The number of benzene rings is 6. The second-order valence-electron chi connectivity index (χ2n) is 10.7. The van der Waals surface area contributed by atoms with Crippen molar-refractivity contribution in [1.82, 2.24) is 0 Å². The summed E-state index contributed by atoms with van der Waals surface area (Å²) in [6.07, 6.45) is 0. The van der Waals surface area contributed by atoms with Crippen LogP contribution in [0.1, 0.15) is 0 Å². The third-order valence-corrected chi connectivity index (χ3v) is 9.48. The number of aromatic hydroxyl groups is 2. The van der Waals surface area contributed by atoms with Crippen molar-refractivity contribution in [2.45, 2.75) is 9.79 Å². The average molecular weight is 761 g/mol. The Bertz CT molecular complexity index is 2440. The first-order valence-corrected chi connectivity index (χ1v) is 17.3. The van der Waals surface area contributed by atoms with Crippen molar-refractivity contribution in [3.63, 3.8) is 0 Å². The largest absolute Gasteiger partial charge is 0.505 e. The average Bonchev–Trinajstić information content (AvgIpc) is 3.10. The molecule has 0 unspecified atom stereocenters. The van der Waals surface area contributed by atoms with Crippen LogP contribution in [0.15, 0.2) is 127 Å². The van der Waals surface area contributed by atoms with Gasteiger partial charge in [-0.2, -0.15) is 16.8 Å². The van der Waals surface area contributed by atoms with E-state index in [1.807, 2.05) is 0 Å². The van der Waals surface area contributed by atoms with Gasteiger partial charge in [0.1, 0.15) is 44.0 Å². The van der Waals surface area contributed by atoms with Crippen molar-refractivity contribution < 1.29 is 45.6 Å². The van der Waals surface area contributed by atoms with Crippen LogP contribution < -0.4 is 9.47 Å². The molecule has 0 bridgehead atoms. The quantitative estimate of drug-likeness (QED) is 0.0641. The van der Waals surface area contributed by atoms with Crippen LogP contribution in [0.25, 0.3) is 32.7 Å². The minimum Gasteiger partial charge on any atom is -0.505 e. The number of hydrogen-bond acceptors (Lipinski definition) is 12. The van der Waals surface area contributed by atoms with Gasteiger partial charge in [-0.1, -0.05) is 60.7 Å². The van der Waals surface area contributed by atoms with E-state index < -0.39 is 30.0 Å². The van der Waals surface area contributed by atoms with Gasteiger partial charge in [0.25, 0.3) is 20.2 Å². The van der Waals surface area contributed by atoms with Gasteiger partial charge in [0.15, 0.2) is 11.5 Å². The van der Waals surface area contributed by atoms with E-state index in [9.17, 15) is 36.2 Å². The second-order valence-corrected chi connectivity index (χ2v) is 13.5. The van der Waals surface area contributed by atoms with E-state index in [4.69, 9.17) is 9.47 Å². The Morgan fingerprint density at radius 2 is 0.808 bits per heavy atom. The molecule has 0 fully saturated rings. The topological polar surface area (TPSA) is 217 Å². The summed E-state index contributed by atoms with van der Waals surface area (Å²) in [4.78, 5) is -0.868. The second kappa shape index (κ2) is 16.4. The summed E-state index contributed by atoms with van der Waals surface area (Å²) in [6, 6.07) is 24.2. The first kappa shape index (κ1) is 40.8. The van der Waals surface area contributed by atoms with Crippen molar-refractivity contribution in [2.75, 3.05) is 14.2 Å². The minimum absolute atomic E-state index is 0. The van der Waals surface area contributed by atoms with Crippen LogP contribution in [-0.4, -0.2) is 109 Å². The van der Waals surface area contributed by atoms with Crippen LogP contribution in [0.4, 0.5) is 22.7 Å². The van der Waals surface area contributed by atoms with Gasteiger partial charge in [-0.15, -0.1) is 20.5 Å². The first-order valence-electron chi connectivity index (χ1n) is 14.4. The van der Waals surface area contributed by atoms with Crippen molar-refractivity contribution in [2.24, 2.45) is 20.5 Å². The molecule has 52 heavy (non-hydrogen) atoms. The van der Waals surface area contributed by atoms with Crippen LogP contribution in [0, 0.1) is 0 Å². The van der Waals surface area contributed by atoms with Crippen LogP contribution in [0.3, 0.4) is 0 Å². The number of methoxy groups -OCH3 is 2. The predicted molar refractivity (Wildman–Crippen MR) is 196 cm³/mol. The molecule has 0 aliphatic carbocycles. The first-order chi connectivity index (χ1) is 23.8. The zero-order chi connectivity index (χ0) is 35.8. The Morgan fingerprint density at radius 3 is 1.13 bits per heavy atom. The molecule has 0 spiro atoms. The molecule has 256 valence electrons. The normalized spacial score (nSPS) is 11.8. The summed E-state index contributed by atoms with van der Waals surface area (Å²) in [6.45, 7) is 0. The molecule has 2 radical (unpaired) electrons. The van der Waals surface area contributed by atoms with E-state index in [-0.39, 0.29) is 126 Å². The third-order valence-electron chi connectivity index (χ3n) is 7.70. The molecule has 6 aromatic rings. The van der Waals surface area contributed by atoms with E-state index in [1.165, 1.54) is 38.5 Å². The molecule has 14 nitrogen and oxygen atoms in total. The van der Waals surface area contributed by atoms with E-state index in [1.54, 1.807) is 60.7 Å². The summed E-state index contributed by atoms with van der Waals surface area (Å²) in [5.74, 6) is -0.0888. The Kier molecular flexibility index (Phi) is 12.9. The zero-order valence-electron chi connectivity index (χ0n) is 28.1. The number of phenols is 2. The number of nitrogens with zero attached hydrogens (tertiary/aromatic N) is 4. The Balaban J connectivity index is 0.00000302. The van der Waals surface area contributed by atoms with E-state index in [0.717, 1.165) is 12.1 Å². The van der Waals surface area contributed by atoms with Crippen molar-refractivity contribution in [3.05, 3.63) is 97.1 Å². The van der Waals surface area contributed by atoms with Crippen molar-refractivity contribution >= 4 is 124 Å².